The molecule has 164 valence electrons. The number of halogens is 6. The van der Waals surface area contributed by atoms with Gasteiger partial charge in [-0.1, -0.05) is 17.7 Å². The summed E-state index contributed by atoms with van der Waals surface area (Å²) in [5.41, 5.74) is 1.11. The van der Waals surface area contributed by atoms with E-state index in [0.29, 0.717) is 37.0 Å². The molecule has 13 heteroatoms. The molecule has 31 heavy (non-hydrogen) atoms. The molecule has 6 nitrogen and oxygen atoms in total. The van der Waals surface area contributed by atoms with Crippen LogP contribution in [0.15, 0.2) is 29.2 Å². The van der Waals surface area contributed by atoms with Gasteiger partial charge in [0.2, 0.25) is 0 Å². The van der Waals surface area contributed by atoms with Gasteiger partial charge in [-0.15, -0.1) is 0 Å². The zero-order chi connectivity index (χ0) is 22.3. The van der Waals surface area contributed by atoms with Crippen LogP contribution in [0.5, 0.6) is 0 Å². The second-order valence-electron chi connectivity index (χ2n) is 6.92. The van der Waals surface area contributed by atoms with Crippen LogP contribution in [0.1, 0.15) is 28.1 Å². The predicted molar refractivity (Wildman–Crippen MR) is 119 cm³/mol. The van der Waals surface area contributed by atoms with Gasteiger partial charge >= 0.3 is 6.18 Å². The monoisotopic (exact) mass is 585 g/mol. The van der Waals surface area contributed by atoms with E-state index in [-0.39, 0.29) is 28.9 Å². The molecule has 1 aliphatic heterocycles. The van der Waals surface area contributed by atoms with E-state index in [1.807, 2.05) is 26.9 Å². The van der Waals surface area contributed by atoms with Gasteiger partial charge in [0.05, 0.1) is 41.8 Å². The minimum absolute atomic E-state index is 0.0406. The van der Waals surface area contributed by atoms with Crippen molar-refractivity contribution in [2.75, 3.05) is 11.4 Å². The Balaban J connectivity index is 1.60. The van der Waals surface area contributed by atoms with E-state index in [1.54, 1.807) is 0 Å². The minimum atomic E-state index is -4.66. The number of nitrogens with one attached hydrogen (secondary N) is 1. The number of benzene rings is 1. The minimum Gasteiger partial charge on any atom is -0.363 e. The summed E-state index contributed by atoms with van der Waals surface area (Å²) < 4.78 is 54.6. The van der Waals surface area contributed by atoms with Crippen LogP contribution in [-0.4, -0.2) is 26.3 Å². The van der Waals surface area contributed by atoms with Gasteiger partial charge in [-0.3, -0.25) is 9.89 Å². The molecule has 1 N–H and O–H groups in total. The van der Waals surface area contributed by atoms with Crippen molar-refractivity contribution in [2.45, 2.75) is 25.6 Å². The van der Waals surface area contributed by atoms with E-state index in [9.17, 15) is 22.4 Å². The number of aromatic amines is 1. The highest BCUT2D eigenvalue weighted by Gasteiger charge is 2.34. The van der Waals surface area contributed by atoms with Crippen LogP contribution in [0.25, 0.3) is 0 Å². The lowest BCUT2D eigenvalue weighted by Crippen LogP contribution is -2.32. The number of nitrogens with zero attached hydrogens (tertiary/aromatic N) is 4. The van der Waals surface area contributed by atoms with Crippen LogP contribution in [0.2, 0.25) is 5.02 Å². The van der Waals surface area contributed by atoms with Crippen LogP contribution in [0.4, 0.5) is 23.2 Å². The number of anilines is 1. The third-order valence-corrected chi connectivity index (χ3v) is 7.28. The van der Waals surface area contributed by atoms with E-state index < -0.39 is 17.6 Å². The zero-order valence-corrected chi connectivity index (χ0v) is 19.5. The molecule has 0 bridgehead atoms. The molecule has 0 amide bonds. The summed E-state index contributed by atoms with van der Waals surface area (Å²) in [7, 11) is 0. The van der Waals surface area contributed by atoms with Gasteiger partial charge in [0.15, 0.2) is 0 Å². The normalized spacial score (nSPS) is 14.5. The van der Waals surface area contributed by atoms with Crippen molar-refractivity contribution >= 4 is 45.7 Å². The fourth-order valence-electron chi connectivity index (χ4n) is 3.59. The highest BCUT2D eigenvalue weighted by atomic mass is 127. The van der Waals surface area contributed by atoms with Crippen LogP contribution < -0.4 is 10.5 Å². The lowest BCUT2D eigenvalue weighted by atomic mass is 9.97. The Hall–Kier alpha value is -1.72. The van der Waals surface area contributed by atoms with Crippen molar-refractivity contribution in [1.29, 1.82) is 0 Å². The van der Waals surface area contributed by atoms with Gasteiger partial charge in [0, 0.05) is 18.5 Å². The zero-order valence-electron chi connectivity index (χ0n) is 15.6. The fourth-order valence-corrected chi connectivity index (χ4v) is 5.23. The molecule has 0 spiro atoms. The molecule has 4 rings (SSSR count). The molecule has 3 aromatic rings. The smallest absolute Gasteiger partial charge is 0.363 e. The van der Waals surface area contributed by atoms with Crippen LogP contribution in [0.3, 0.4) is 0 Å². The first-order valence-electron chi connectivity index (χ1n) is 8.99. The average Bonchev–Trinajstić information content (AvgIpc) is 3.12. The molecule has 0 fully saturated rings. The van der Waals surface area contributed by atoms with Crippen molar-refractivity contribution in [3.8, 4) is 0 Å². The van der Waals surface area contributed by atoms with E-state index in [4.69, 9.17) is 11.6 Å². The molecule has 0 saturated carbocycles. The Bertz CT molecular complexity index is 1200. The van der Waals surface area contributed by atoms with Crippen LogP contribution in [-0.2, 0) is 25.6 Å². The number of H-pyrrole nitrogens is 1. The maximum atomic E-state index is 13.4. The Labute approximate surface area is 193 Å². The average molecular weight is 586 g/mol. The Kier molecular flexibility index (Phi) is 6.28. The highest BCUT2D eigenvalue weighted by molar-refractivity contribution is 14.2. The summed E-state index contributed by atoms with van der Waals surface area (Å²) in [5, 5.41) is 11.3. The summed E-state index contributed by atoms with van der Waals surface area (Å²) in [6.07, 6.45) is -2.58. The second kappa shape index (κ2) is 8.67. The molecule has 3 heterocycles. The summed E-state index contributed by atoms with van der Waals surface area (Å²) in [6, 6.07) is 2.66. The Morgan fingerprint density at radius 2 is 2.10 bits per heavy atom. The van der Waals surface area contributed by atoms with Gasteiger partial charge in [0.25, 0.3) is 5.56 Å². The topological polar surface area (TPSA) is 66.8 Å². The summed E-state index contributed by atoms with van der Waals surface area (Å²) in [5.74, 6) is -0.939. The molecular weight excluding hydrogens is 572 g/mol. The first-order chi connectivity index (χ1) is 14.7. The molecule has 0 aliphatic carbocycles. The first kappa shape index (κ1) is 22.5. The molecule has 2 aromatic heterocycles. The number of rotatable bonds is 4. The van der Waals surface area contributed by atoms with Crippen molar-refractivity contribution in [1.82, 2.24) is 19.7 Å². The standard InChI is InChI=1S/C18H14ClF4IN5OP/c19-16-15(7-25-29(31-24)17(16)30)28-4-3-11-13(26-27-14(11)8-28)5-9-1-2-10(20)6-12(9)18(21,22)23/h1-2,6-7,31H,3-5,8H2,(H,26,27). The van der Waals surface area contributed by atoms with Gasteiger partial charge in [-0.05, 0) is 46.2 Å². The third-order valence-electron chi connectivity index (χ3n) is 5.08. The van der Waals surface area contributed by atoms with Crippen molar-refractivity contribution in [3.05, 3.63) is 73.7 Å². The van der Waals surface area contributed by atoms with Gasteiger partial charge in [0.1, 0.15) is 10.8 Å². The number of fused-ring (bicyclic) bond motifs is 1. The summed E-state index contributed by atoms with van der Waals surface area (Å²) in [4.78, 5) is 14.1. The van der Waals surface area contributed by atoms with Gasteiger partial charge < -0.3 is 4.90 Å². The molecule has 1 aromatic carbocycles. The summed E-state index contributed by atoms with van der Waals surface area (Å²) in [6.45, 7) is 0.849. The molecular formula is C18H14ClF4IN5OP. The Morgan fingerprint density at radius 1 is 1.32 bits per heavy atom. The fraction of sp³-hybridized carbons (Fsp3) is 0.278. The lowest BCUT2D eigenvalue weighted by molar-refractivity contribution is -0.138. The van der Waals surface area contributed by atoms with Crippen LogP contribution in [0, 0.1) is 5.82 Å². The van der Waals surface area contributed by atoms with E-state index >= 15 is 0 Å². The van der Waals surface area contributed by atoms with E-state index in [1.165, 1.54) is 10.6 Å². The highest BCUT2D eigenvalue weighted by Crippen LogP contribution is 2.35. The van der Waals surface area contributed by atoms with E-state index in [2.05, 4.69) is 15.3 Å². The molecule has 1 atom stereocenters. The number of alkyl halides is 3. The number of hydrogen-bond acceptors (Lipinski definition) is 4. The molecule has 1 aliphatic rings. The SMILES string of the molecule is O=c1c(Cl)c(N2CCc3c(Cc4ccc(F)cc4C(F)(F)F)n[nH]c3C2)cnn1PI. The van der Waals surface area contributed by atoms with Crippen molar-refractivity contribution in [2.24, 2.45) is 0 Å². The first-order valence-corrected chi connectivity index (χ1v) is 13.4. The predicted octanol–water partition coefficient (Wildman–Crippen LogP) is 4.72. The third kappa shape index (κ3) is 4.45. The number of aromatic nitrogens is 4. The molecule has 0 radical (unpaired) electrons. The molecule has 1 unspecified atom stereocenters. The second-order valence-corrected chi connectivity index (χ2v) is 9.34. The van der Waals surface area contributed by atoms with E-state index in [0.717, 1.165) is 23.4 Å². The molecule has 0 saturated heterocycles. The van der Waals surface area contributed by atoms with Crippen molar-refractivity contribution in [3.63, 3.8) is 0 Å². The van der Waals surface area contributed by atoms with Crippen molar-refractivity contribution < 1.29 is 17.6 Å². The Morgan fingerprint density at radius 3 is 2.81 bits per heavy atom. The largest absolute Gasteiger partial charge is 0.416 e. The maximum Gasteiger partial charge on any atom is 0.416 e. The van der Waals surface area contributed by atoms with Crippen LogP contribution >= 0.6 is 40.0 Å². The summed E-state index contributed by atoms with van der Waals surface area (Å²) >= 11 is 8.28. The lowest BCUT2D eigenvalue weighted by Gasteiger charge is -2.29. The van der Waals surface area contributed by atoms with Gasteiger partial charge in [-0.2, -0.15) is 23.4 Å². The maximum absolute atomic E-state index is 13.4. The van der Waals surface area contributed by atoms with Gasteiger partial charge in [-0.25, -0.2) is 8.84 Å². The number of hydrogen-bond donors (Lipinski definition) is 1. The quantitative estimate of drug-likeness (QED) is 0.273.